The second-order valence-electron chi connectivity index (χ2n) is 2.53. The van der Waals surface area contributed by atoms with Gasteiger partial charge in [-0.15, -0.1) is 0 Å². The number of ether oxygens (including phenoxy) is 1. The first-order chi connectivity index (χ1) is 4.74. The highest BCUT2D eigenvalue weighted by Crippen LogP contribution is 2.22. The highest BCUT2D eigenvalue weighted by atomic mass is 16.5. The fourth-order valence-electron chi connectivity index (χ4n) is 0.953. The summed E-state index contributed by atoms with van der Waals surface area (Å²) in [5.41, 5.74) is 1.20. The Balaban J connectivity index is 2.66. The van der Waals surface area contributed by atoms with Crippen LogP contribution in [-0.2, 0) is 9.53 Å². The number of carbonyl (C=O) groups is 1. The summed E-state index contributed by atoms with van der Waals surface area (Å²) in [5.74, 6) is 0.815. The van der Waals surface area contributed by atoms with Crippen molar-refractivity contribution in [1.29, 1.82) is 0 Å². The Kier molecular flexibility index (Phi) is 2.10. The van der Waals surface area contributed by atoms with Gasteiger partial charge in [-0.2, -0.15) is 0 Å². The van der Waals surface area contributed by atoms with E-state index in [-0.39, 0.29) is 5.97 Å². The van der Waals surface area contributed by atoms with Gasteiger partial charge < -0.3 is 4.74 Å². The second kappa shape index (κ2) is 2.86. The van der Waals surface area contributed by atoms with E-state index in [4.69, 9.17) is 4.74 Å². The minimum atomic E-state index is -0.0807. The number of hydrogen-bond acceptors (Lipinski definition) is 2. The lowest BCUT2D eigenvalue weighted by molar-refractivity contribution is -0.135. The Morgan fingerprint density at radius 1 is 1.60 bits per heavy atom. The van der Waals surface area contributed by atoms with Crippen LogP contribution in [0.4, 0.5) is 0 Å². The monoisotopic (exact) mass is 140 g/mol. The van der Waals surface area contributed by atoms with Crippen LogP contribution in [0.1, 0.15) is 33.1 Å². The Morgan fingerprint density at radius 2 is 2.30 bits per heavy atom. The molecule has 0 spiro atoms. The average Bonchev–Trinajstić information content (AvgIpc) is 2.34. The van der Waals surface area contributed by atoms with Gasteiger partial charge in [-0.3, -0.25) is 4.79 Å². The zero-order valence-electron chi connectivity index (χ0n) is 6.44. The van der Waals surface area contributed by atoms with Crippen molar-refractivity contribution in [2.45, 2.75) is 33.1 Å². The minimum absolute atomic E-state index is 0.0807. The summed E-state index contributed by atoms with van der Waals surface area (Å²) in [5, 5.41) is 0. The molecule has 0 aromatic heterocycles. The number of esters is 1. The van der Waals surface area contributed by atoms with Crippen molar-refractivity contribution in [3.8, 4) is 0 Å². The smallest absolute Gasteiger partial charge is 0.311 e. The van der Waals surface area contributed by atoms with Gasteiger partial charge in [0.1, 0.15) is 5.76 Å². The van der Waals surface area contributed by atoms with E-state index in [0.29, 0.717) is 6.42 Å². The van der Waals surface area contributed by atoms with E-state index in [1.165, 1.54) is 5.57 Å². The molecule has 1 aliphatic rings. The van der Waals surface area contributed by atoms with Gasteiger partial charge in [0.2, 0.25) is 0 Å². The maximum Gasteiger partial charge on any atom is 0.311 e. The largest absolute Gasteiger partial charge is 0.431 e. The number of hydrogen-bond donors (Lipinski definition) is 0. The summed E-state index contributed by atoms with van der Waals surface area (Å²) < 4.78 is 4.95. The van der Waals surface area contributed by atoms with Crippen molar-refractivity contribution in [3.63, 3.8) is 0 Å². The van der Waals surface area contributed by atoms with Gasteiger partial charge in [-0.25, -0.2) is 0 Å². The molecule has 0 radical (unpaired) electrons. The van der Waals surface area contributed by atoms with Crippen LogP contribution in [0.15, 0.2) is 11.3 Å². The Morgan fingerprint density at radius 3 is 2.70 bits per heavy atom. The SMILES string of the molecule is CC/C(C)=C1/CCC(=O)O1. The van der Waals surface area contributed by atoms with Crippen LogP contribution in [0, 0.1) is 0 Å². The third kappa shape index (κ3) is 1.38. The minimum Gasteiger partial charge on any atom is -0.431 e. The normalized spacial score (nSPS) is 22.8. The molecular weight excluding hydrogens is 128 g/mol. The first-order valence-corrected chi connectivity index (χ1v) is 3.63. The standard InChI is InChI=1S/C8H12O2/c1-3-6(2)7-4-5-8(9)10-7/h3-5H2,1-2H3/b7-6-. The molecule has 0 amide bonds. The van der Waals surface area contributed by atoms with Crippen molar-refractivity contribution in [2.24, 2.45) is 0 Å². The second-order valence-corrected chi connectivity index (χ2v) is 2.53. The van der Waals surface area contributed by atoms with Crippen LogP contribution in [0.25, 0.3) is 0 Å². The lowest BCUT2D eigenvalue weighted by Crippen LogP contribution is -1.90. The van der Waals surface area contributed by atoms with Crippen LogP contribution < -0.4 is 0 Å². The number of carbonyl (C=O) groups excluding carboxylic acids is 1. The topological polar surface area (TPSA) is 26.3 Å². The van der Waals surface area contributed by atoms with Gasteiger partial charge in [0.05, 0.1) is 6.42 Å². The predicted octanol–water partition coefficient (Wildman–Crippen LogP) is 2.01. The third-order valence-corrected chi connectivity index (χ3v) is 1.80. The van der Waals surface area contributed by atoms with Crippen molar-refractivity contribution in [1.82, 2.24) is 0 Å². The number of allylic oxidation sites excluding steroid dienone is 2. The van der Waals surface area contributed by atoms with E-state index in [1.54, 1.807) is 0 Å². The Hall–Kier alpha value is -0.790. The molecule has 0 aliphatic carbocycles. The van der Waals surface area contributed by atoms with Crippen molar-refractivity contribution < 1.29 is 9.53 Å². The van der Waals surface area contributed by atoms with Gasteiger partial charge in [-0.05, 0) is 18.9 Å². The summed E-state index contributed by atoms with van der Waals surface area (Å²) in [7, 11) is 0. The number of rotatable bonds is 1. The lowest BCUT2D eigenvalue weighted by atomic mass is 10.1. The summed E-state index contributed by atoms with van der Waals surface area (Å²) >= 11 is 0. The van der Waals surface area contributed by atoms with Crippen LogP contribution in [0.2, 0.25) is 0 Å². The molecule has 0 aromatic rings. The van der Waals surface area contributed by atoms with E-state index < -0.39 is 0 Å². The van der Waals surface area contributed by atoms with Gasteiger partial charge >= 0.3 is 5.97 Å². The molecule has 2 nitrogen and oxygen atoms in total. The molecule has 0 bridgehead atoms. The fraction of sp³-hybridized carbons (Fsp3) is 0.625. The first kappa shape index (κ1) is 7.32. The zero-order chi connectivity index (χ0) is 7.56. The summed E-state index contributed by atoms with van der Waals surface area (Å²) in [4.78, 5) is 10.6. The van der Waals surface area contributed by atoms with E-state index in [0.717, 1.165) is 18.6 Å². The molecule has 1 fully saturated rings. The van der Waals surface area contributed by atoms with Gasteiger partial charge in [-0.1, -0.05) is 6.92 Å². The fourth-order valence-corrected chi connectivity index (χ4v) is 0.953. The summed E-state index contributed by atoms with van der Waals surface area (Å²) in [6.07, 6.45) is 2.34. The highest BCUT2D eigenvalue weighted by Gasteiger charge is 2.18. The summed E-state index contributed by atoms with van der Waals surface area (Å²) in [6.45, 7) is 4.07. The number of cyclic esters (lactones) is 1. The molecule has 1 heterocycles. The van der Waals surface area contributed by atoms with E-state index in [1.807, 2.05) is 6.92 Å². The predicted molar refractivity (Wildman–Crippen MR) is 38.3 cm³/mol. The maximum atomic E-state index is 10.6. The third-order valence-electron chi connectivity index (χ3n) is 1.80. The molecule has 0 atom stereocenters. The molecule has 2 heteroatoms. The Labute approximate surface area is 60.9 Å². The molecular formula is C8H12O2. The molecule has 0 saturated carbocycles. The van der Waals surface area contributed by atoms with E-state index in [2.05, 4.69) is 6.92 Å². The van der Waals surface area contributed by atoms with Gasteiger partial charge in [0, 0.05) is 6.42 Å². The highest BCUT2D eigenvalue weighted by molar-refractivity contribution is 5.73. The maximum absolute atomic E-state index is 10.6. The first-order valence-electron chi connectivity index (χ1n) is 3.63. The van der Waals surface area contributed by atoms with Crippen LogP contribution in [-0.4, -0.2) is 5.97 Å². The van der Waals surface area contributed by atoms with Crippen LogP contribution in [0.5, 0.6) is 0 Å². The molecule has 0 N–H and O–H groups in total. The molecule has 1 saturated heterocycles. The quantitative estimate of drug-likeness (QED) is 0.521. The van der Waals surface area contributed by atoms with Crippen molar-refractivity contribution in [3.05, 3.63) is 11.3 Å². The molecule has 0 aromatic carbocycles. The summed E-state index contributed by atoms with van der Waals surface area (Å²) in [6, 6.07) is 0. The van der Waals surface area contributed by atoms with E-state index >= 15 is 0 Å². The molecule has 1 aliphatic heterocycles. The molecule has 0 unspecified atom stereocenters. The molecule has 10 heavy (non-hydrogen) atoms. The Bertz CT molecular complexity index is 180. The van der Waals surface area contributed by atoms with Gasteiger partial charge in [0.25, 0.3) is 0 Å². The average molecular weight is 140 g/mol. The molecule has 56 valence electrons. The van der Waals surface area contributed by atoms with Crippen molar-refractivity contribution >= 4 is 5.97 Å². The lowest BCUT2D eigenvalue weighted by Gasteiger charge is -1.99. The van der Waals surface area contributed by atoms with Crippen molar-refractivity contribution in [2.75, 3.05) is 0 Å². The van der Waals surface area contributed by atoms with Crippen LogP contribution >= 0.6 is 0 Å². The zero-order valence-corrected chi connectivity index (χ0v) is 6.44. The van der Waals surface area contributed by atoms with Crippen LogP contribution in [0.3, 0.4) is 0 Å². The molecule has 1 rings (SSSR count). The van der Waals surface area contributed by atoms with Gasteiger partial charge in [0.15, 0.2) is 0 Å². The van der Waals surface area contributed by atoms with E-state index in [9.17, 15) is 4.79 Å².